The Kier molecular flexibility index (Phi) is 4.26. The van der Waals surface area contributed by atoms with Gasteiger partial charge in [-0.3, -0.25) is 10.1 Å². The van der Waals surface area contributed by atoms with E-state index in [0.717, 1.165) is 12.8 Å². The summed E-state index contributed by atoms with van der Waals surface area (Å²) in [6.45, 7) is 0.438. The van der Waals surface area contributed by atoms with Crippen LogP contribution >= 0.6 is 0 Å². The predicted molar refractivity (Wildman–Crippen MR) is 84.7 cm³/mol. The van der Waals surface area contributed by atoms with Crippen LogP contribution in [-0.4, -0.2) is 42.8 Å². The Balaban J connectivity index is 1.81. The van der Waals surface area contributed by atoms with Crippen molar-refractivity contribution in [1.29, 1.82) is 0 Å². The third kappa shape index (κ3) is 3.46. The maximum absolute atomic E-state index is 12.3. The largest absolute Gasteiger partial charge is 0.392 e. The van der Waals surface area contributed by atoms with E-state index in [9.17, 15) is 23.6 Å². The fourth-order valence-corrected chi connectivity index (χ4v) is 4.49. The van der Waals surface area contributed by atoms with Crippen molar-refractivity contribution in [3.8, 4) is 0 Å². The summed E-state index contributed by atoms with van der Waals surface area (Å²) in [5.41, 5.74) is 0.856. The first kappa shape index (κ1) is 16.2. The summed E-state index contributed by atoms with van der Waals surface area (Å²) in [4.78, 5) is 12.4. The first-order valence-electron chi connectivity index (χ1n) is 7.55. The highest BCUT2D eigenvalue weighted by Crippen LogP contribution is 2.33. The monoisotopic (exact) mass is 341 g/mol. The maximum Gasteiger partial charge on any atom is 0.292 e. The van der Waals surface area contributed by atoms with Crippen molar-refractivity contribution in [1.82, 2.24) is 4.72 Å². The topological polar surface area (TPSA) is 113 Å². The average Bonchev–Trinajstić information content (AvgIpc) is 3.17. The van der Waals surface area contributed by atoms with E-state index in [1.54, 1.807) is 11.0 Å². The molecule has 2 aliphatic rings. The molecule has 23 heavy (non-hydrogen) atoms. The molecule has 3 rings (SSSR count). The number of hydrogen-bond donors (Lipinski definition) is 2. The molecule has 0 spiro atoms. The predicted octanol–water partition coefficient (Wildman–Crippen LogP) is 0.748. The van der Waals surface area contributed by atoms with Crippen LogP contribution in [0.3, 0.4) is 0 Å². The van der Waals surface area contributed by atoms with E-state index in [-0.39, 0.29) is 24.9 Å². The van der Waals surface area contributed by atoms with Crippen LogP contribution in [0.25, 0.3) is 0 Å². The van der Waals surface area contributed by atoms with Crippen LogP contribution in [0.5, 0.6) is 0 Å². The second-order valence-electron chi connectivity index (χ2n) is 6.03. The van der Waals surface area contributed by atoms with E-state index in [1.807, 2.05) is 0 Å². The van der Waals surface area contributed by atoms with Crippen molar-refractivity contribution in [2.45, 2.75) is 37.2 Å². The van der Waals surface area contributed by atoms with Crippen LogP contribution in [0, 0.1) is 10.1 Å². The summed E-state index contributed by atoms with van der Waals surface area (Å²) >= 11 is 0. The van der Waals surface area contributed by atoms with Gasteiger partial charge in [0.2, 0.25) is 10.0 Å². The first-order chi connectivity index (χ1) is 10.9. The SMILES string of the molecule is O=[N+]([O-])c1ccc(CO)cc1N1CCC(S(=O)(=O)NC2CC2)C1. The highest BCUT2D eigenvalue weighted by molar-refractivity contribution is 7.90. The van der Waals surface area contributed by atoms with Gasteiger partial charge in [0.1, 0.15) is 5.69 Å². The van der Waals surface area contributed by atoms with Crippen LogP contribution in [0.2, 0.25) is 0 Å². The van der Waals surface area contributed by atoms with E-state index in [1.165, 1.54) is 12.1 Å². The highest BCUT2D eigenvalue weighted by Gasteiger charge is 2.38. The zero-order valence-corrected chi connectivity index (χ0v) is 13.3. The van der Waals surface area contributed by atoms with Crippen LogP contribution in [-0.2, 0) is 16.6 Å². The Bertz CT molecular complexity index is 717. The fourth-order valence-electron chi connectivity index (χ4n) is 2.81. The zero-order valence-electron chi connectivity index (χ0n) is 12.5. The quantitative estimate of drug-likeness (QED) is 0.583. The van der Waals surface area contributed by atoms with Gasteiger partial charge in [-0.05, 0) is 37.0 Å². The highest BCUT2D eigenvalue weighted by atomic mass is 32.2. The third-order valence-corrected chi connectivity index (χ3v) is 6.18. The van der Waals surface area contributed by atoms with Crippen LogP contribution < -0.4 is 9.62 Å². The van der Waals surface area contributed by atoms with E-state index >= 15 is 0 Å². The van der Waals surface area contributed by atoms with Crippen molar-refractivity contribution in [3.63, 3.8) is 0 Å². The van der Waals surface area contributed by atoms with Crippen molar-refractivity contribution in [3.05, 3.63) is 33.9 Å². The molecule has 0 radical (unpaired) electrons. The van der Waals surface area contributed by atoms with Gasteiger partial charge in [-0.1, -0.05) is 0 Å². The van der Waals surface area contributed by atoms with Crippen molar-refractivity contribution >= 4 is 21.4 Å². The van der Waals surface area contributed by atoms with Crippen molar-refractivity contribution < 1.29 is 18.4 Å². The molecule has 1 aliphatic heterocycles. The number of aliphatic hydroxyl groups is 1. The molecule has 1 saturated carbocycles. The van der Waals surface area contributed by atoms with Gasteiger partial charge in [0.15, 0.2) is 0 Å². The number of aliphatic hydroxyl groups excluding tert-OH is 1. The number of benzene rings is 1. The Morgan fingerprint density at radius 3 is 2.70 bits per heavy atom. The van der Waals surface area contributed by atoms with Gasteiger partial charge in [0.05, 0.1) is 16.8 Å². The van der Waals surface area contributed by atoms with E-state index < -0.39 is 20.2 Å². The number of rotatable bonds is 6. The molecule has 2 fully saturated rings. The summed E-state index contributed by atoms with van der Waals surface area (Å²) in [5, 5.41) is 19.9. The number of nitrogens with one attached hydrogen (secondary N) is 1. The molecule has 0 bridgehead atoms. The van der Waals surface area contributed by atoms with Gasteiger partial charge in [-0.15, -0.1) is 0 Å². The molecule has 1 aromatic carbocycles. The number of hydrogen-bond acceptors (Lipinski definition) is 6. The van der Waals surface area contributed by atoms with Gasteiger partial charge < -0.3 is 10.0 Å². The van der Waals surface area contributed by atoms with Gasteiger partial charge in [0, 0.05) is 25.2 Å². The van der Waals surface area contributed by atoms with E-state index in [2.05, 4.69) is 4.72 Å². The summed E-state index contributed by atoms with van der Waals surface area (Å²) in [5.74, 6) is 0. The molecule has 2 N–H and O–H groups in total. The minimum atomic E-state index is -3.40. The van der Waals surface area contributed by atoms with Gasteiger partial charge in [-0.2, -0.15) is 0 Å². The van der Waals surface area contributed by atoms with Crippen LogP contribution in [0.1, 0.15) is 24.8 Å². The molecular formula is C14H19N3O5S. The molecule has 1 atom stereocenters. The smallest absolute Gasteiger partial charge is 0.292 e. The second-order valence-corrected chi connectivity index (χ2v) is 8.02. The summed E-state index contributed by atoms with van der Waals surface area (Å²) in [7, 11) is -3.40. The Hall–Kier alpha value is -1.71. The van der Waals surface area contributed by atoms with E-state index in [4.69, 9.17) is 0 Å². The number of nitro benzene ring substituents is 1. The fraction of sp³-hybridized carbons (Fsp3) is 0.571. The number of nitro groups is 1. The Morgan fingerprint density at radius 2 is 2.09 bits per heavy atom. The molecule has 0 amide bonds. The minimum Gasteiger partial charge on any atom is -0.392 e. The first-order valence-corrected chi connectivity index (χ1v) is 9.09. The van der Waals surface area contributed by atoms with Crippen LogP contribution in [0.4, 0.5) is 11.4 Å². The van der Waals surface area contributed by atoms with Gasteiger partial charge in [0.25, 0.3) is 5.69 Å². The average molecular weight is 341 g/mol. The molecule has 9 heteroatoms. The standard InChI is InChI=1S/C14H19N3O5S/c18-9-10-1-4-13(17(19)20)14(7-10)16-6-5-12(8-16)23(21,22)15-11-2-3-11/h1,4,7,11-12,15,18H,2-3,5-6,8-9H2. The molecular weight excluding hydrogens is 322 g/mol. The second kappa shape index (κ2) is 6.06. The normalized spacial score (nSPS) is 21.6. The summed E-state index contributed by atoms with van der Waals surface area (Å²) < 4.78 is 27.3. The number of sulfonamides is 1. The maximum atomic E-state index is 12.3. The minimum absolute atomic E-state index is 0.0566. The van der Waals surface area contributed by atoms with Crippen LogP contribution in [0.15, 0.2) is 18.2 Å². The lowest BCUT2D eigenvalue weighted by Crippen LogP contribution is -2.37. The molecule has 1 aromatic rings. The molecule has 1 heterocycles. The molecule has 8 nitrogen and oxygen atoms in total. The van der Waals surface area contributed by atoms with Crippen molar-refractivity contribution in [2.24, 2.45) is 0 Å². The molecule has 0 aromatic heterocycles. The lowest BCUT2D eigenvalue weighted by Gasteiger charge is -2.19. The van der Waals surface area contributed by atoms with Gasteiger partial charge in [-0.25, -0.2) is 13.1 Å². The number of nitrogens with zero attached hydrogens (tertiary/aromatic N) is 2. The molecule has 1 aliphatic carbocycles. The molecule has 126 valence electrons. The molecule has 1 unspecified atom stereocenters. The van der Waals surface area contributed by atoms with Gasteiger partial charge >= 0.3 is 0 Å². The van der Waals surface area contributed by atoms with E-state index in [0.29, 0.717) is 24.2 Å². The van der Waals surface area contributed by atoms with Crippen molar-refractivity contribution in [2.75, 3.05) is 18.0 Å². The Morgan fingerprint density at radius 1 is 1.35 bits per heavy atom. The lowest BCUT2D eigenvalue weighted by molar-refractivity contribution is -0.384. The summed E-state index contributed by atoms with van der Waals surface area (Å²) in [6.07, 6.45) is 2.18. The summed E-state index contributed by atoms with van der Waals surface area (Å²) in [6, 6.07) is 4.47. The number of anilines is 1. The molecule has 1 saturated heterocycles. The Labute approximate surface area is 134 Å². The lowest BCUT2D eigenvalue weighted by atomic mass is 10.1. The third-order valence-electron chi connectivity index (χ3n) is 4.25. The zero-order chi connectivity index (χ0) is 16.6.